The first kappa shape index (κ1) is 23.7. The van der Waals surface area contributed by atoms with E-state index in [2.05, 4.69) is 27.5 Å². The van der Waals surface area contributed by atoms with E-state index in [9.17, 15) is 4.79 Å². The average molecular weight is 467 g/mol. The fraction of sp³-hybridized carbons (Fsp3) is 0.480. The van der Waals surface area contributed by atoms with Gasteiger partial charge in [0.05, 0.1) is 12.6 Å². The van der Waals surface area contributed by atoms with Crippen LogP contribution in [-0.4, -0.2) is 52.0 Å². The smallest absolute Gasteiger partial charge is 0.410 e. The highest BCUT2D eigenvalue weighted by atomic mass is 16.6. The van der Waals surface area contributed by atoms with Crippen LogP contribution in [0.2, 0.25) is 0 Å². The lowest BCUT2D eigenvalue weighted by atomic mass is 9.99. The Bertz CT molecular complexity index is 1120. The number of aromatic nitrogens is 2. The van der Waals surface area contributed by atoms with Crippen LogP contribution in [-0.2, 0) is 17.7 Å². The number of carbonyl (C=O) groups excluding carboxylic acids is 1. The zero-order valence-corrected chi connectivity index (χ0v) is 20.2. The van der Waals surface area contributed by atoms with Gasteiger partial charge in [-0.2, -0.15) is 0 Å². The Morgan fingerprint density at radius 2 is 2.15 bits per heavy atom. The topological polar surface area (TPSA) is 98.2 Å². The molecule has 3 heterocycles. The molecule has 1 aromatic carbocycles. The second-order valence-electron chi connectivity index (χ2n) is 9.63. The van der Waals surface area contributed by atoms with Gasteiger partial charge in [0.25, 0.3) is 0 Å². The molecule has 2 aromatic rings. The normalized spacial score (nSPS) is 18.6. The van der Waals surface area contributed by atoms with Crippen molar-refractivity contribution in [2.45, 2.75) is 58.2 Å². The Hall–Kier alpha value is -3.49. The van der Waals surface area contributed by atoms with Crippen LogP contribution in [0, 0.1) is 0 Å². The van der Waals surface area contributed by atoms with Crippen molar-refractivity contribution < 1.29 is 14.3 Å². The third kappa shape index (κ3) is 5.18. The summed E-state index contributed by atoms with van der Waals surface area (Å²) in [5.74, 6) is 7.93. The molecule has 182 valence electrons. The molecule has 1 aromatic heterocycles. The average Bonchev–Trinajstić information content (AvgIpc) is 3.26. The molecule has 1 fully saturated rings. The van der Waals surface area contributed by atoms with Crippen LogP contribution in [0.15, 0.2) is 48.2 Å². The van der Waals surface area contributed by atoms with Gasteiger partial charge in [0.2, 0.25) is 5.62 Å². The van der Waals surface area contributed by atoms with Crippen LogP contribution in [0.5, 0.6) is 5.75 Å². The fourth-order valence-corrected chi connectivity index (χ4v) is 4.49. The molecule has 0 unspecified atom stereocenters. The number of hydrogen-bond acceptors (Lipinski definition) is 7. The highest BCUT2D eigenvalue weighted by Gasteiger charge is 2.30. The second-order valence-corrected chi connectivity index (χ2v) is 9.63. The van der Waals surface area contributed by atoms with E-state index in [1.165, 1.54) is 16.4 Å². The van der Waals surface area contributed by atoms with Crippen LogP contribution in [0.25, 0.3) is 0 Å². The van der Waals surface area contributed by atoms with Gasteiger partial charge in [-0.15, -0.1) is 0 Å². The first-order chi connectivity index (χ1) is 16.3. The van der Waals surface area contributed by atoms with Gasteiger partial charge in [-0.1, -0.05) is 18.7 Å². The van der Waals surface area contributed by atoms with Crippen LogP contribution in [0.1, 0.15) is 44.7 Å². The quantitative estimate of drug-likeness (QED) is 0.681. The number of ether oxygens (including phenoxy) is 2. The first-order valence-corrected chi connectivity index (χ1v) is 11.7. The molecule has 1 atom stereocenters. The number of nitrogen functional groups attached to an aromatic ring is 1. The van der Waals surface area contributed by atoms with Crippen LogP contribution >= 0.6 is 0 Å². The van der Waals surface area contributed by atoms with Gasteiger partial charge < -0.3 is 25.1 Å². The van der Waals surface area contributed by atoms with Crippen molar-refractivity contribution in [1.29, 1.82) is 0 Å². The number of hydrogen-bond donors (Lipinski definition) is 1. The molecule has 9 nitrogen and oxygen atoms in total. The van der Waals surface area contributed by atoms with E-state index in [-0.39, 0.29) is 12.1 Å². The molecule has 2 aliphatic rings. The summed E-state index contributed by atoms with van der Waals surface area (Å²) >= 11 is 0. The van der Waals surface area contributed by atoms with Crippen LogP contribution in [0.3, 0.4) is 0 Å². The minimum atomic E-state index is -0.523. The minimum Gasteiger partial charge on any atom is -0.491 e. The van der Waals surface area contributed by atoms with Crippen LogP contribution < -0.4 is 21.1 Å². The molecule has 0 bridgehead atoms. The molecule has 9 heteroatoms. The molecule has 0 spiro atoms. The molecule has 1 amide bonds. The molecule has 34 heavy (non-hydrogen) atoms. The SMILES string of the molecule is C=CN=c1nccc(N2CCC[C@@H]2COc2cccc3c2CN(C(=O)OC(C)(C)C)CC3)n1N. The van der Waals surface area contributed by atoms with Crippen molar-refractivity contribution in [2.75, 3.05) is 30.4 Å². The minimum absolute atomic E-state index is 0.162. The van der Waals surface area contributed by atoms with Gasteiger partial charge in [-0.3, -0.25) is 0 Å². The second kappa shape index (κ2) is 9.79. The number of rotatable bonds is 5. The van der Waals surface area contributed by atoms with Gasteiger partial charge in [0.1, 0.15) is 23.8 Å². The summed E-state index contributed by atoms with van der Waals surface area (Å²) in [6, 6.07) is 8.16. The van der Waals surface area contributed by atoms with Gasteiger partial charge in [-0.05, 0) is 57.7 Å². The van der Waals surface area contributed by atoms with E-state index in [0.29, 0.717) is 25.3 Å². The van der Waals surface area contributed by atoms with Crippen molar-refractivity contribution in [1.82, 2.24) is 14.6 Å². The van der Waals surface area contributed by atoms with E-state index in [1.54, 1.807) is 11.1 Å². The van der Waals surface area contributed by atoms with E-state index in [4.69, 9.17) is 15.3 Å². The Labute approximate surface area is 200 Å². The predicted octanol–water partition coefficient (Wildman–Crippen LogP) is 2.98. The first-order valence-electron chi connectivity index (χ1n) is 11.7. The largest absolute Gasteiger partial charge is 0.491 e. The predicted molar refractivity (Wildman–Crippen MR) is 131 cm³/mol. The zero-order valence-electron chi connectivity index (χ0n) is 20.2. The summed E-state index contributed by atoms with van der Waals surface area (Å²) in [6.07, 6.45) is 5.66. The molecular formula is C25H34N6O3. The maximum atomic E-state index is 12.6. The third-order valence-electron chi connectivity index (χ3n) is 6.07. The van der Waals surface area contributed by atoms with E-state index in [1.807, 2.05) is 39.0 Å². The number of benzene rings is 1. The van der Waals surface area contributed by atoms with Gasteiger partial charge in [-0.25, -0.2) is 19.4 Å². The number of anilines is 1. The number of nitrogens with zero attached hydrogens (tertiary/aromatic N) is 5. The molecule has 2 aliphatic heterocycles. The van der Waals surface area contributed by atoms with Crippen molar-refractivity contribution in [2.24, 2.45) is 4.99 Å². The number of amides is 1. The number of nitrogens with two attached hydrogens (primary N) is 1. The Kier molecular flexibility index (Phi) is 6.81. The lowest BCUT2D eigenvalue weighted by Crippen LogP contribution is -2.41. The standard InChI is InChI=1S/C25H34N6O3/c1-5-27-23-28-13-11-22(31(23)26)30-14-7-9-19(30)17-33-21-10-6-8-18-12-15-29(16-20(18)21)24(32)34-25(2,3)4/h5-6,8,10-11,13,19H,1,7,9,12,14-17,26H2,2-4H3/t19-/m1/s1. The lowest BCUT2D eigenvalue weighted by Gasteiger charge is -2.32. The Balaban J connectivity index is 1.49. The molecule has 0 saturated carbocycles. The maximum Gasteiger partial charge on any atom is 0.410 e. The molecule has 2 N–H and O–H groups in total. The molecule has 1 saturated heterocycles. The summed E-state index contributed by atoms with van der Waals surface area (Å²) < 4.78 is 13.4. The number of fused-ring (bicyclic) bond motifs is 1. The molecule has 4 rings (SSSR count). The van der Waals surface area contributed by atoms with Crippen molar-refractivity contribution in [3.63, 3.8) is 0 Å². The molecule has 0 aliphatic carbocycles. The van der Waals surface area contributed by atoms with Crippen LogP contribution in [0.4, 0.5) is 10.6 Å². The third-order valence-corrected chi connectivity index (χ3v) is 6.07. The summed E-state index contributed by atoms with van der Waals surface area (Å²) in [4.78, 5) is 25.0. The summed E-state index contributed by atoms with van der Waals surface area (Å²) in [5.41, 5.74) is 2.14. The zero-order chi connectivity index (χ0) is 24.3. The van der Waals surface area contributed by atoms with E-state index in [0.717, 1.165) is 42.9 Å². The van der Waals surface area contributed by atoms with Crippen molar-refractivity contribution >= 4 is 11.9 Å². The van der Waals surface area contributed by atoms with Crippen molar-refractivity contribution in [3.05, 3.63) is 60.0 Å². The molecule has 0 radical (unpaired) electrons. The summed E-state index contributed by atoms with van der Waals surface area (Å²) in [5, 5.41) is 0. The Morgan fingerprint density at radius 3 is 2.91 bits per heavy atom. The molecular weight excluding hydrogens is 432 g/mol. The fourth-order valence-electron chi connectivity index (χ4n) is 4.49. The summed E-state index contributed by atoms with van der Waals surface area (Å²) in [6.45, 7) is 11.8. The van der Waals surface area contributed by atoms with E-state index >= 15 is 0 Å². The van der Waals surface area contributed by atoms with Gasteiger partial charge in [0, 0.05) is 31.0 Å². The number of carbonyl (C=O) groups is 1. The monoisotopic (exact) mass is 466 g/mol. The van der Waals surface area contributed by atoms with E-state index < -0.39 is 5.60 Å². The highest BCUT2D eigenvalue weighted by Crippen LogP contribution is 2.31. The summed E-state index contributed by atoms with van der Waals surface area (Å²) in [7, 11) is 0. The van der Waals surface area contributed by atoms with Gasteiger partial charge in [0.15, 0.2) is 0 Å². The maximum absolute atomic E-state index is 12.6. The lowest BCUT2D eigenvalue weighted by molar-refractivity contribution is 0.0222. The Morgan fingerprint density at radius 1 is 1.32 bits per heavy atom. The van der Waals surface area contributed by atoms with Crippen molar-refractivity contribution in [3.8, 4) is 5.75 Å². The van der Waals surface area contributed by atoms with Gasteiger partial charge >= 0.3 is 6.09 Å². The highest BCUT2D eigenvalue weighted by molar-refractivity contribution is 5.69.